The second kappa shape index (κ2) is 6.88. The monoisotopic (exact) mass is 345 g/mol. The molecule has 0 radical (unpaired) electrons. The van der Waals surface area contributed by atoms with Gasteiger partial charge in [0.1, 0.15) is 11.9 Å². The summed E-state index contributed by atoms with van der Waals surface area (Å²) in [4.78, 5) is 19.2. The lowest BCUT2D eigenvalue weighted by molar-refractivity contribution is 0.0728. The maximum absolute atomic E-state index is 12.9. The number of amides is 1. The Morgan fingerprint density at radius 2 is 1.81 bits per heavy atom. The zero-order valence-electron chi connectivity index (χ0n) is 14.4. The van der Waals surface area contributed by atoms with Crippen LogP contribution in [0.5, 0.6) is 5.75 Å². The fourth-order valence-electron chi connectivity index (χ4n) is 3.17. The Morgan fingerprint density at radius 3 is 2.54 bits per heavy atom. The predicted molar refractivity (Wildman–Crippen MR) is 99.9 cm³/mol. The van der Waals surface area contributed by atoms with E-state index in [1.54, 1.807) is 19.4 Å². The highest BCUT2D eigenvalue weighted by molar-refractivity contribution is 5.98. The Balaban J connectivity index is 1.65. The number of nitrogens with zero attached hydrogens (tertiary/aromatic N) is 2. The third kappa shape index (κ3) is 2.99. The molecule has 1 aliphatic rings. The van der Waals surface area contributed by atoms with E-state index in [2.05, 4.69) is 10.3 Å². The van der Waals surface area contributed by atoms with Gasteiger partial charge < -0.3 is 15.0 Å². The summed E-state index contributed by atoms with van der Waals surface area (Å²) in [6.45, 7) is 0.490. The van der Waals surface area contributed by atoms with Gasteiger partial charge in [0.05, 0.1) is 18.4 Å². The molecule has 1 N–H and O–H groups in total. The summed E-state index contributed by atoms with van der Waals surface area (Å²) < 4.78 is 5.21. The predicted octanol–water partition coefficient (Wildman–Crippen LogP) is 3.86. The van der Waals surface area contributed by atoms with E-state index in [0.29, 0.717) is 12.1 Å². The van der Waals surface area contributed by atoms with Gasteiger partial charge in [0.25, 0.3) is 5.91 Å². The van der Waals surface area contributed by atoms with Crippen LogP contribution >= 0.6 is 0 Å². The molecule has 5 heteroatoms. The average molecular weight is 345 g/mol. The van der Waals surface area contributed by atoms with Gasteiger partial charge in [-0.3, -0.25) is 9.78 Å². The van der Waals surface area contributed by atoms with E-state index in [0.717, 1.165) is 22.7 Å². The smallest absolute Gasteiger partial charge is 0.258 e. The second-order valence-electron chi connectivity index (χ2n) is 6.13. The van der Waals surface area contributed by atoms with Crippen molar-refractivity contribution in [3.05, 3.63) is 89.7 Å². The normalized spacial score (nSPS) is 15.7. The van der Waals surface area contributed by atoms with E-state index in [-0.39, 0.29) is 12.1 Å². The van der Waals surface area contributed by atoms with Crippen LogP contribution < -0.4 is 10.1 Å². The Hall–Kier alpha value is -3.34. The molecule has 4 rings (SSSR count). The topological polar surface area (TPSA) is 54.5 Å². The standard InChI is InChI=1S/C21H19N3O2/c1-26-17-11-9-15(10-12-17)14-24-20(23-16-6-3-2-4-7-16)19-18(21(24)25)8-5-13-22-19/h2-13,20,23H,14H2,1H3. The second-order valence-corrected chi connectivity index (χ2v) is 6.13. The molecule has 1 aromatic heterocycles. The van der Waals surface area contributed by atoms with Crippen LogP contribution in [0.25, 0.3) is 0 Å². The van der Waals surface area contributed by atoms with Crippen molar-refractivity contribution in [2.45, 2.75) is 12.7 Å². The van der Waals surface area contributed by atoms with Gasteiger partial charge in [-0.05, 0) is 42.0 Å². The van der Waals surface area contributed by atoms with Gasteiger partial charge in [-0.15, -0.1) is 0 Å². The number of fused-ring (bicyclic) bond motifs is 1. The number of ether oxygens (including phenoxy) is 1. The van der Waals surface area contributed by atoms with Crippen molar-refractivity contribution in [1.82, 2.24) is 9.88 Å². The van der Waals surface area contributed by atoms with Crippen LogP contribution in [0.1, 0.15) is 27.8 Å². The Bertz CT molecular complexity index is 910. The van der Waals surface area contributed by atoms with Crippen molar-refractivity contribution in [2.75, 3.05) is 12.4 Å². The Kier molecular flexibility index (Phi) is 4.27. The van der Waals surface area contributed by atoms with Crippen LogP contribution in [0.15, 0.2) is 72.9 Å². The quantitative estimate of drug-likeness (QED) is 0.763. The molecule has 0 saturated heterocycles. The first kappa shape index (κ1) is 16.1. The first-order valence-corrected chi connectivity index (χ1v) is 8.46. The van der Waals surface area contributed by atoms with E-state index in [9.17, 15) is 4.79 Å². The average Bonchev–Trinajstić information content (AvgIpc) is 2.95. The summed E-state index contributed by atoms with van der Waals surface area (Å²) in [6, 6.07) is 21.2. The maximum atomic E-state index is 12.9. The third-order valence-electron chi connectivity index (χ3n) is 4.49. The number of carbonyl (C=O) groups is 1. The van der Waals surface area contributed by atoms with Crippen LogP contribution in [0.3, 0.4) is 0 Å². The first-order valence-electron chi connectivity index (χ1n) is 8.46. The molecule has 1 unspecified atom stereocenters. The van der Waals surface area contributed by atoms with E-state index in [1.807, 2.05) is 65.6 Å². The highest BCUT2D eigenvalue weighted by Gasteiger charge is 2.37. The molecule has 130 valence electrons. The number of anilines is 1. The number of nitrogens with one attached hydrogen (secondary N) is 1. The number of hydrogen-bond acceptors (Lipinski definition) is 4. The number of aromatic nitrogens is 1. The molecule has 0 saturated carbocycles. The minimum atomic E-state index is -0.303. The summed E-state index contributed by atoms with van der Waals surface area (Å²) in [5.41, 5.74) is 3.39. The van der Waals surface area contributed by atoms with Crippen LogP contribution in [0.4, 0.5) is 5.69 Å². The SMILES string of the molecule is COc1ccc(CN2C(=O)c3cccnc3C2Nc2ccccc2)cc1. The number of pyridine rings is 1. The zero-order valence-corrected chi connectivity index (χ0v) is 14.4. The van der Waals surface area contributed by atoms with Crippen molar-refractivity contribution in [1.29, 1.82) is 0 Å². The minimum Gasteiger partial charge on any atom is -0.497 e. The Morgan fingerprint density at radius 1 is 1.04 bits per heavy atom. The van der Waals surface area contributed by atoms with Gasteiger partial charge in [-0.2, -0.15) is 0 Å². The molecule has 26 heavy (non-hydrogen) atoms. The van der Waals surface area contributed by atoms with Gasteiger partial charge in [-0.25, -0.2) is 0 Å². The lowest BCUT2D eigenvalue weighted by Crippen LogP contribution is -2.32. The molecule has 1 amide bonds. The first-order chi connectivity index (χ1) is 12.8. The highest BCUT2D eigenvalue weighted by Crippen LogP contribution is 2.34. The van der Waals surface area contributed by atoms with Crippen LogP contribution in [0, 0.1) is 0 Å². The number of carbonyl (C=O) groups excluding carboxylic acids is 1. The van der Waals surface area contributed by atoms with E-state index < -0.39 is 0 Å². The molecule has 0 spiro atoms. The van der Waals surface area contributed by atoms with Gasteiger partial charge >= 0.3 is 0 Å². The van der Waals surface area contributed by atoms with Crippen LogP contribution in [-0.2, 0) is 6.54 Å². The van der Waals surface area contributed by atoms with Crippen molar-refractivity contribution in [3.63, 3.8) is 0 Å². The minimum absolute atomic E-state index is 0.0163. The maximum Gasteiger partial charge on any atom is 0.258 e. The molecule has 1 aliphatic heterocycles. The van der Waals surface area contributed by atoms with Gasteiger partial charge in [-0.1, -0.05) is 30.3 Å². The number of benzene rings is 2. The molecule has 2 heterocycles. The molecule has 0 fully saturated rings. The molecular formula is C21H19N3O2. The summed E-state index contributed by atoms with van der Waals surface area (Å²) in [5.74, 6) is 0.780. The summed E-state index contributed by atoms with van der Waals surface area (Å²) in [5, 5.41) is 3.44. The van der Waals surface area contributed by atoms with Crippen molar-refractivity contribution >= 4 is 11.6 Å². The zero-order chi connectivity index (χ0) is 17.9. The fourth-order valence-corrected chi connectivity index (χ4v) is 3.17. The molecule has 1 atom stereocenters. The summed E-state index contributed by atoms with van der Waals surface area (Å²) >= 11 is 0. The van der Waals surface area contributed by atoms with E-state index in [1.165, 1.54) is 0 Å². The van der Waals surface area contributed by atoms with Gasteiger partial charge in [0, 0.05) is 18.4 Å². The van der Waals surface area contributed by atoms with Crippen molar-refractivity contribution in [2.24, 2.45) is 0 Å². The molecule has 0 aliphatic carbocycles. The highest BCUT2D eigenvalue weighted by atomic mass is 16.5. The van der Waals surface area contributed by atoms with Gasteiger partial charge in [0.15, 0.2) is 0 Å². The third-order valence-corrected chi connectivity index (χ3v) is 4.49. The lowest BCUT2D eigenvalue weighted by Gasteiger charge is -2.26. The molecule has 5 nitrogen and oxygen atoms in total. The summed E-state index contributed by atoms with van der Waals surface area (Å²) in [6.07, 6.45) is 1.42. The van der Waals surface area contributed by atoms with Crippen LogP contribution in [0.2, 0.25) is 0 Å². The number of rotatable bonds is 5. The number of hydrogen-bond donors (Lipinski definition) is 1. The molecule has 2 aromatic carbocycles. The fraction of sp³-hybridized carbons (Fsp3) is 0.143. The van der Waals surface area contributed by atoms with Crippen molar-refractivity contribution < 1.29 is 9.53 Å². The van der Waals surface area contributed by atoms with E-state index in [4.69, 9.17) is 4.74 Å². The summed E-state index contributed by atoms with van der Waals surface area (Å²) in [7, 11) is 1.64. The molecular weight excluding hydrogens is 326 g/mol. The number of methoxy groups -OCH3 is 1. The number of para-hydroxylation sites is 1. The molecule has 3 aromatic rings. The lowest BCUT2D eigenvalue weighted by atomic mass is 10.2. The molecule has 0 bridgehead atoms. The Labute approximate surface area is 152 Å². The van der Waals surface area contributed by atoms with E-state index >= 15 is 0 Å². The van der Waals surface area contributed by atoms with Gasteiger partial charge in [0.2, 0.25) is 0 Å². The van der Waals surface area contributed by atoms with Crippen molar-refractivity contribution in [3.8, 4) is 5.75 Å². The largest absolute Gasteiger partial charge is 0.497 e. The van der Waals surface area contributed by atoms with Crippen LogP contribution in [-0.4, -0.2) is 22.9 Å².